The summed E-state index contributed by atoms with van der Waals surface area (Å²) < 4.78 is 0. The number of fused-ring (bicyclic) bond motifs is 1. The van der Waals surface area contributed by atoms with Gasteiger partial charge < -0.3 is 15.9 Å². The van der Waals surface area contributed by atoms with Crippen molar-refractivity contribution in [1.29, 1.82) is 0 Å². The molecule has 0 aliphatic carbocycles. The van der Waals surface area contributed by atoms with Crippen molar-refractivity contribution >= 4 is 45.6 Å². The number of aromatic nitrogens is 2. The van der Waals surface area contributed by atoms with Gasteiger partial charge in [-0.1, -0.05) is 29.3 Å². The summed E-state index contributed by atoms with van der Waals surface area (Å²) in [6.07, 6.45) is -1.39. The molecule has 0 fully saturated rings. The Bertz CT molecular complexity index is 1150. The van der Waals surface area contributed by atoms with E-state index in [1.165, 1.54) is 36.4 Å². The molecule has 0 aliphatic heterocycles. The van der Waals surface area contributed by atoms with Crippen LogP contribution in [0.3, 0.4) is 0 Å². The van der Waals surface area contributed by atoms with Crippen molar-refractivity contribution in [3.63, 3.8) is 0 Å². The summed E-state index contributed by atoms with van der Waals surface area (Å²) in [5, 5.41) is 25.4. The molecule has 0 aliphatic rings. The van der Waals surface area contributed by atoms with Crippen molar-refractivity contribution in [2.24, 2.45) is 10.9 Å². The van der Waals surface area contributed by atoms with E-state index in [1.54, 1.807) is 0 Å². The van der Waals surface area contributed by atoms with Gasteiger partial charge in [-0.2, -0.15) is 5.10 Å². The molecule has 4 N–H and O–H groups in total. The lowest BCUT2D eigenvalue weighted by atomic mass is 10.0. The number of hydrogen-bond donors (Lipinski definition) is 3. The molecule has 1 aromatic heterocycles. The zero-order valence-corrected chi connectivity index (χ0v) is 14.9. The smallest absolute Gasteiger partial charge is 0.276 e. The maximum absolute atomic E-state index is 12.4. The van der Waals surface area contributed by atoms with E-state index in [9.17, 15) is 20.0 Å². The molecule has 2 aromatic carbocycles. The highest BCUT2D eigenvalue weighted by molar-refractivity contribution is 6.42. The number of hydrazone groups is 1. The molecule has 138 valence electrons. The number of halogens is 2. The lowest BCUT2D eigenvalue weighted by Crippen LogP contribution is -2.26. The van der Waals surface area contributed by atoms with Gasteiger partial charge in [0.2, 0.25) is 0 Å². The van der Waals surface area contributed by atoms with Crippen LogP contribution in [0.5, 0.6) is 0 Å². The minimum atomic E-state index is -1.39. The van der Waals surface area contributed by atoms with E-state index in [4.69, 9.17) is 29.0 Å². The Labute approximate surface area is 161 Å². The Balaban J connectivity index is 2.09. The summed E-state index contributed by atoms with van der Waals surface area (Å²) >= 11 is 11.8. The van der Waals surface area contributed by atoms with Gasteiger partial charge in [-0.05, 0) is 23.8 Å². The molecular weight excluding hydrogens is 397 g/mol. The van der Waals surface area contributed by atoms with E-state index >= 15 is 0 Å². The molecule has 3 aromatic rings. The van der Waals surface area contributed by atoms with Crippen LogP contribution < -0.4 is 11.4 Å². The van der Waals surface area contributed by atoms with Crippen molar-refractivity contribution < 1.29 is 10.0 Å². The van der Waals surface area contributed by atoms with Crippen LogP contribution in [-0.4, -0.2) is 25.7 Å². The number of aliphatic hydroxyl groups excluding tert-OH is 1. The van der Waals surface area contributed by atoms with Gasteiger partial charge in [-0.3, -0.25) is 14.9 Å². The molecule has 3 rings (SSSR count). The number of H-pyrrole nitrogens is 1. The largest absolute Gasteiger partial charge is 0.382 e. The number of aliphatic hydroxyl groups is 1. The fraction of sp³-hybridized carbons (Fsp3) is 0.0625. The molecule has 11 heteroatoms. The zero-order valence-electron chi connectivity index (χ0n) is 13.4. The van der Waals surface area contributed by atoms with Gasteiger partial charge in [0.15, 0.2) is 5.69 Å². The van der Waals surface area contributed by atoms with Crippen LogP contribution in [0, 0.1) is 10.1 Å². The van der Waals surface area contributed by atoms with E-state index in [0.717, 1.165) is 0 Å². The molecule has 0 unspecified atom stereocenters. The molecule has 1 atom stereocenters. The molecule has 27 heavy (non-hydrogen) atoms. The first-order valence-electron chi connectivity index (χ1n) is 7.41. The third-order valence-corrected chi connectivity index (χ3v) is 4.53. The molecule has 0 radical (unpaired) electrons. The van der Waals surface area contributed by atoms with Crippen molar-refractivity contribution in [1.82, 2.24) is 9.97 Å². The van der Waals surface area contributed by atoms with Crippen LogP contribution in [0.1, 0.15) is 17.4 Å². The summed E-state index contributed by atoms with van der Waals surface area (Å²) in [6.45, 7) is 0. The van der Waals surface area contributed by atoms with E-state index in [-0.39, 0.29) is 33.1 Å². The number of non-ortho nitro benzene ring substituents is 1. The lowest BCUT2D eigenvalue weighted by molar-refractivity contribution is -0.384. The lowest BCUT2D eigenvalue weighted by Gasteiger charge is -2.13. The van der Waals surface area contributed by atoms with E-state index in [1.807, 2.05) is 0 Å². The van der Waals surface area contributed by atoms with Crippen molar-refractivity contribution in [3.8, 4) is 0 Å². The third kappa shape index (κ3) is 3.61. The Morgan fingerprint density at radius 3 is 2.63 bits per heavy atom. The molecule has 9 nitrogen and oxygen atoms in total. The number of aromatic amines is 1. The SMILES string of the molecule is N/N=C(/c1nc2ccc([N+](=O)[O-])cc2[nH]c1=O)[C@@H](O)c1ccc(Cl)c(Cl)c1. The molecule has 0 spiro atoms. The Morgan fingerprint density at radius 1 is 1.26 bits per heavy atom. The van der Waals surface area contributed by atoms with Gasteiger partial charge in [0.05, 0.1) is 26.0 Å². The van der Waals surface area contributed by atoms with Gasteiger partial charge in [-0.15, -0.1) is 0 Å². The second-order valence-electron chi connectivity index (χ2n) is 5.46. The minimum absolute atomic E-state index is 0.165. The molecule has 1 heterocycles. The number of nitro groups is 1. The first kappa shape index (κ1) is 18.8. The predicted octanol–water partition coefficient (Wildman–Crippen LogP) is 2.53. The molecular formula is C16H11Cl2N5O4. The van der Waals surface area contributed by atoms with Gasteiger partial charge in [-0.25, -0.2) is 4.98 Å². The number of nitrogens with two attached hydrogens (primary N) is 1. The van der Waals surface area contributed by atoms with E-state index in [0.29, 0.717) is 10.6 Å². The topological polar surface area (TPSA) is 147 Å². The Kier molecular flexibility index (Phi) is 5.08. The standard InChI is InChI=1S/C16H11Cl2N5O4/c17-9-3-1-7(5-10(9)18)15(24)13(22-19)14-16(25)21-12-6-8(23(26)27)2-4-11(12)20-14/h1-6,15,24H,19H2,(H,21,25)/b22-13-/t15-/m0/s1. The highest BCUT2D eigenvalue weighted by Crippen LogP contribution is 2.27. The number of nitrogens with one attached hydrogen (secondary N) is 1. The van der Waals surface area contributed by atoms with Crippen LogP contribution in [0.25, 0.3) is 11.0 Å². The van der Waals surface area contributed by atoms with Crippen molar-refractivity contribution in [3.05, 3.63) is 78.2 Å². The zero-order chi connectivity index (χ0) is 19.7. The fourth-order valence-electron chi connectivity index (χ4n) is 2.46. The van der Waals surface area contributed by atoms with E-state index in [2.05, 4.69) is 15.1 Å². The Hall–Kier alpha value is -3.01. The second kappa shape index (κ2) is 7.31. The van der Waals surface area contributed by atoms with E-state index < -0.39 is 16.6 Å². The van der Waals surface area contributed by atoms with Crippen LogP contribution in [0.15, 0.2) is 46.3 Å². The maximum atomic E-state index is 12.4. The highest BCUT2D eigenvalue weighted by atomic mass is 35.5. The second-order valence-corrected chi connectivity index (χ2v) is 6.28. The minimum Gasteiger partial charge on any atom is -0.382 e. The average molecular weight is 408 g/mol. The first-order chi connectivity index (χ1) is 12.8. The maximum Gasteiger partial charge on any atom is 0.276 e. The van der Waals surface area contributed by atoms with Gasteiger partial charge in [0.25, 0.3) is 11.2 Å². The highest BCUT2D eigenvalue weighted by Gasteiger charge is 2.23. The number of hydrogen-bond acceptors (Lipinski definition) is 7. The average Bonchev–Trinajstić information content (AvgIpc) is 2.64. The van der Waals surface area contributed by atoms with Crippen molar-refractivity contribution in [2.75, 3.05) is 0 Å². The van der Waals surface area contributed by atoms with Crippen LogP contribution in [0.2, 0.25) is 10.0 Å². The summed E-state index contributed by atoms with van der Waals surface area (Å²) in [5.41, 5.74) is -0.607. The number of rotatable bonds is 4. The summed E-state index contributed by atoms with van der Waals surface area (Å²) in [5.74, 6) is 5.37. The van der Waals surface area contributed by atoms with Crippen molar-refractivity contribution in [2.45, 2.75) is 6.10 Å². The normalized spacial score (nSPS) is 12.9. The van der Waals surface area contributed by atoms with Crippen LogP contribution >= 0.6 is 23.2 Å². The summed E-state index contributed by atoms with van der Waals surface area (Å²) in [7, 11) is 0. The summed E-state index contributed by atoms with van der Waals surface area (Å²) in [6, 6.07) is 8.19. The monoisotopic (exact) mass is 407 g/mol. The predicted molar refractivity (Wildman–Crippen MR) is 101 cm³/mol. The van der Waals surface area contributed by atoms with Gasteiger partial charge >= 0.3 is 0 Å². The quantitative estimate of drug-likeness (QED) is 0.262. The number of benzene rings is 2. The molecule has 0 amide bonds. The third-order valence-electron chi connectivity index (χ3n) is 3.79. The fourth-order valence-corrected chi connectivity index (χ4v) is 2.77. The summed E-state index contributed by atoms with van der Waals surface area (Å²) in [4.78, 5) is 29.3. The molecule has 0 saturated heterocycles. The van der Waals surface area contributed by atoms with Gasteiger partial charge in [0.1, 0.15) is 11.8 Å². The van der Waals surface area contributed by atoms with Gasteiger partial charge in [0, 0.05) is 12.1 Å². The number of nitro benzene ring substituents is 1. The van der Waals surface area contributed by atoms with Crippen LogP contribution in [0.4, 0.5) is 5.69 Å². The molecule has 0 saturated carbocycles. The Morgan fingerprint density at radius 2 is 2.00 bits per heavy atom. The number of nitrogens with zero attached hydrogens (tertiary/aromatic N) is 3. The first-order valence-corrected chi connectivity index (χ1v) is 8.17. The molecule has 0 bridgehead atoms. The van der Waals surface area contributed by atoms with Crippen LogP contribution in [-0.2, 0) is 0 Å².